The smallest absolute Gasteiger partial charge is 0.193 e. The van der Waals surface area contributed by atoms with Crippen molar-refractivity contribution in [3.63, 3.8) is 0 Å². The number of phenolic OH excluding ortho intramolecular Hbond substituents is 2. The van der Waals surface area contributed by atoms with Crippen molar-refractivity contribution < 1.29 is 19.7 Å². The molecule has 0 atom stereocenters. The topological polar surface area (TPSA) is 66.8 Å². The molecule has 0 amide bonds. The van der Waals surface area contributed by atoms with E-state index in [1.54, 1.807) is 6.08 Å². The maximum atomic E-state index is 12.5. The number of carbonyl (C=O) groups is 1. The van der Waals surface area contributed by atoms with Crippen LogP contribution in [0.25, 0.3) is 0 Å². The van der Waals surface area contributed by atoms with E-state index in [2.05, 4.69) is 0 Å². The molecule has 0 aromatic heterocycles. The molecule has 0 unspecified atom stereocenters. The van der Waals surface area contributed by atoms with E-state index in [4.69, 9.17) is 4.74 Å². The molecule has 0 spiro atoms. The molecule has 2 N–H and O–H groups in total. The summed E-state index contributed by atoms with van der Waals surface area (Å²) in [6.45, 7) is 9.78. The number of phenols is 2. The van der Waals surface area contributed by atoms with Crippen LogP contribution in [0.3, 0.4) is 0 Å². The molecule has 0 fully saturated rings. The molecular formula is C19H26O4. The summed E-state index contributed by atoms with van der Waals surface area (Å²) in [6.07, 6.45) is 5.42. The van der Waals surface area contributed by atoms with Crippen LogP contribution in [0.2, 0.25) is 0 Å². The third-order valence-corrected chi connectivity index (χ3v) is 3.26. The molecule has 0 aliphatic heterocycles. The summed E-state index contributed by atoms with van der Waals surface area (Å²) in [5.74, 6) is -0.520. The Kier molecular flexibility index (Phi) is 6.02. The number of hydrogen-bond acceptors (Lipinski definition) is 4. The molecule has 1 aromatic rings. The minimum atomic E-state index is -0.354. The van der Waals surface area contributed by atoms with Crippen LogP contribution >= 0.6 is 0 Å². The van der Waals surface area contributed by atoms with Crippen molar-refractivity contribution in [2.24, 2.45) is 5.41 Å². The summed E-state index contributed by atoms with van der Waals surface area (Å²) in [5.41, 5.74) is 1.29. The van der Waals surface area contributed by atoms with Crippen LogP contribution in [0.4, 0.5) is 0 Å². The second-order valence-electron chi connectivity index (χ2n) is 6.85. The van der Waals surface area contributed by atoms with Gasteiger partial charge in [0.05, 0.1) is 7.11 Å². The average molecular weight is 318 g/mol. The minimum Gasteiger partial charge on any atom is -0.507 e. The van der Waals surface area contributed by atoms with E-state index in [0.717, 1.165) is 5.57 Å². The molecule has 1 aromatic carbocycles. The predicted molar refractivity (Wildman–Crippen MR) is 92.4 cm³/mol. The monoisotopic (exact) mass is 318 g/mol. The van der Waals surface area contributed by atoms with Gasteiger partial charge in [-0.25, -0.2) is 0 Å². The zero-order valence-electron chi connectivity index (χ0n) is 14.7. The lowest BCUT2D eigenvalue weighted by Crippen LogP contribution is -2.05. The van der Waals surface area contributed by atoms with Gasteiger partial charge in [0, 0.05) is 11.6 Å². The Hall–Kier alpha value is -2.23. The van der Waals surface area contributed by atoms with Crippen molar-refractivity contribution in [1.82, 2.24) is 0 Å². The first-order valence-electron chi connectivity index (χ1n) is 7.55. The Morgan fingerprint density at radius 3 is 2.35 bits per heavy atom. The fourth-order valence-corrected chi connectivity index (χ4v) is 1.99. The van der Waals surface area contributed by atoms with E-state index in [0.29, 0.717) is 12.0 Å². The van der Waals surface area contributed by atoms with Crippen LogP contribution < -0.4 is 4.74 Å². The summed E-state index contributed by atoms with van der Waals surface area (Å²) >= 11 is 0. The van der Waals surface area contributed by atoms with Crippen molar-refractivity contribution >= 4 is 5.78 Å². The fraction of sp³-hybridized carbons (Fsp3) is 0.421. The zero-order valence-corrected chi connectivity index (χ0v) is 14.7. The molecule has 4 heteroatoms. The highest BCUT2D eigenvalue weighted by molar-refractivity contribution is 6.09. The predicted octanol–water partition coefficient (Wildman–Crippen LogP) is 4.40. The molecule has 1 rings (SSSR count). The van der Waals surface area contributed by atoms with Gasteiger partial charge in [-0.05, 0) is 31.8 Å². The van der Waals surface area contributed by atoms with E-state index >= 15 is 0 Å². The lowest BCUT2D eigenvalue weighted by atomic mass is 9.94. The van der Waals surface area contributed by atoms with Gasteiger partial charge in [0.25, 0.3) is 0 Å². The maximum Gasteiger partial charge on any atom is 0.193 e. The Bertz CT molecular complexity index is 642. The van der Waals surface area contributed by atoms with Gasteiger partial charge in [-0.2, -0.15) is 0 Å². The Balaban J connectivity index is 3.40. The van der Waals surface area contributed by atoms with E-state index in [-0.39, 0.29) is 34.0 Å². The average Bonchev–Trinajstić information content (AvgIpc) is 2.42. The van der Waals surface area contributed by atoms with Crippen LogP contribution in [-0.2, 0) is 6.42 Å². The number of hydrogen-bond donors (Lipinski definition) is 2. The highest BCUT2D eigenvalue weighted by Gasteiger charge is 2.22. The molecule has 0 heterocycles. The zero-order chi connectivity index (χ0) is 17.8. The summed E-state index contributed by atoms with van der Waals surface area (Å²) in [5, 5.41) is 20.6. The third-order valence-electron chi connectivity index (χ3n) is 3.26. The quantitative estimate of drug-likeness (QED) is 0.480. The van der Waals surface area contributed by atoms with Gasteiger partial charge in [-0.3, -0.25) is 4.79 Å². The molecule has 23 heavy (non-hydrogen) atoms. The van der Waals surface area contributed by atoms with Crippen LogP contribution in [0.15, 0.2) is 29.9 Å². The maximum absolute atomic E-state index is 12.5. The van der Waals surface area contributed by atoms with E-state index in [9.17, 15) is 15.0 Å². The lowest BCUT2D eigenvalue weighted by Gasteiger charge is -2.15. The molecule has 0 radical (unpaired) electrons. The van der Waals surface area contributed by atoms with Crippen molar-refractivity contribution in [2.75, 3.05) is 7.11 Å². The summed E-state index contributed by atoms with van der Waals surface area (Å²) in [4.78, 5) is 12.5. The van der Waals surface area contributed by atoms with Crippen molar-refractivity contribution in [3.05, 3.63) is 41.0 Å². The molecule has 0 bridgehead atoms. The largest absolute Gasteiger partial charge is 0.507 e. The first kappa shape index (κ1) is 18.8. The standard InChI is InChI=1S/C19H26O4/c1-12(2)7-8-13-15(21)11-16(23-6)17(18(13)22)14(20)9-10-19(3,4)5/h7,9-11,21-22H,8H2,1-6H3/b10-9+. The molecule has 0 aliphatic carbocycles. The second kappa shape index (κ2) is 7.36. The van der Waals surface area contributed by atoms with Crippen LogP contribution in [0.5, 0.6) is 17.2 Å². The van der Waals surface area contributed by atoms with Gasteiger partial charge in [0.15, 0.2) is 5.78 Å². The van der Waals surface area contributed by atoms with Gasteiger partial charge in [0.2, 0.25) is 0 Å². The normalized spacial score (nSPS) is 11.6. The van der Waals surface area contributed by atoms with Gasteiger partial charge >= 0.3 is 0 Å². The van der Waals surface area contributed by atoms with Crippen molar-refractivity contribution in [2.45, 2.75) is 41.0 Å². The molecule has 0 aliphatic rings. The first-order valence-corrected chi connectivity index (χ1v) is 7.55. The van der Waals surface area contributed by atoms with Crippen molar-refractivity contribution in [3.8, 4) is 17.2 Å². The molecule has 0 saturated heterocycles. The highest BCUT2D eigenvalue weighted by Crippen LogP contribution is 2.39. The van der Waals surface area contributed by atoms with Crippen LogP contribution in [-0.4, -0.2) is 23.1 Å². The van der Waals surface area contributed by atoms with E-state index in [1.165, 1.54) is 19.3 Å². The number of benzene rings is 1. The minimum absolute atomic E-state index is 0.0722. The number of aromatic hydroxyl groups is 2. The Morgan fingerprint density at radius 1 is 1.26 bits per heavy atom. The lowest BCUT2D eigenvalue weighted by molar-refractivity contribution is 0.104. The summed E-state index contributed by atoms with van der Waals surface area (Å²) in [7, 11) is 1.40. The SMILES string of the molecule is COc1cc(O)c(CC=C(C)C)c(O)c1C(=O)/C=C/C(C)(C)C. The number of ketones is 1. The second-order valence-corrected chi connectivity index (χ2v) is 6.85. The highest BCUT2D eigenvalue weighted by atomic mass is 16.5. The van der Waals surface area contributed by atoms with E-state index < -0.39 is 0 Å². The fourth-order valence-electron chi connectivity index (χ4n) is 1.99. The molecule has 4 nitrogen and oxygen atoms in total. The number of methoxy groups -OCH3 is 1. The molecule has 0 saturated carbocycles. The van der Waals surface area contributed by atoms with Crippen LogP contribution in [0, 0.1) is 5.41 Å². The summed E-state index contributed by atoms with van der Waals surface area (Å²) in [6, 6.07) is 1.37. The van der Waals surface area contributed by atoms with Gasteiger partial charge in [-0.1, -0.05) is 38.5 Å². The molecule has 126 valence electrons. The van der Waals surface area contributed by atoms with E-state index in [1.807, 2.05) is 40.7 Å². The Morgan fingerprint density at radius 2 is 1.87 bits per heavy atom. The van der Waals surface area contributed by atoms with Gasteiger partial charge in [-0.15, -0.1) is 0 Å². The number of ether oxygens (including phenoxy) is 1. The third kappa shape index (κ3) is 5.16. The first-order chi connectivity index (χ1) is 10.6. The number of carbonyl (C=O) groups excluding carboxylic acids is 1. The van der Waals surface area contributed by atoms with Crippen LogP contribution in [0.1, 0.15) is 50.5 Å². The molecular weight excluding hydrogens is 292 g/mol. The number of allylic oxidation sites excluding steroid dienone is 4. The van der Waals surface area contributed by atoms with Crippen molar-refractivity contribution in [1.29, 1.82) is 0 Å². The summed E-state index contributed by atoms with van der Waals surface area (Å²) < 4.78 is 5.15. The van der Waals surface area contributed by atoms with Gasteiger partial charge < -0.3 is 14.9 Å². The van der Waals surface area contributed by atoms with Gasteiger partial charge in [0.1, 0.15) is 22.8 Å². The Labute approximate surface area is 138 Å². The number of rotatable bonds is 5.